The maximum absolute atomic E-state index is 12.5. The fourth-order valence-corrected chi connectivity index (χ4v) is 2.99. The molecule has 0 spiro atoms. The second-order valence-corrected chi connectivity index (χ2v) is 7.37. The van der Waals surface area contributed by atoms with Crippen molar-refractivity contribution in [1.82, 2.24) is 10.3 Å². The zero-order chi connectivity index (χ0) is 18.8. The highest BCUT2D eigenvalue weighted by Gasteiger charge is 2.26. The molecule has 0 atom stereocenters. The van der Waals surface area contributed by atoms with Crippen molar-refractivity contribution < 1.29 is 22.0 Å². The van der Waals surface area contributed by atoms with Crippen molar-refractivity contribution in [2.24, 2.45) is 0 Å². The normalized spacial score (nSPS) is 11.6. The number of aromatic amines is 1. The Bertz CT molecular complexity index is 951. The van der Waals surface area contributed by atoms with Crippen LogP contribution < -0.4 is 10.9 Å². The fraction of sp³-hybridized carbons (Fsp3) is 0.250. The summed E-state index contributed by atoms with van der Waals surface area (Å²) in [6.07, 6.45) is 0. The summed E-state index contributed by atoms with van der Waals surface area (Å²) < 4.78 is 47.6. The highest BCUT2D eigenvalue weighted by molar-refractivity contribution is 7.91. The van der Waals surface area contributed by atoms with Crippen LogP contribution in [0.4, 0.5) is 8.78 Å². The zero-order valence-corrected chi connectivity index (χ0v) is 14.3. The largest absolute Gasteiger partial charge is 0.348 e. The number of alkyl halides is 2. The maximum atomic E-state index is 12.5. The van der Waals surface area contributed by atoms with E-state index in [0.717, 1.165) is 29.8 Å². The Kier molecular flexibility index (Phi) is 5.36. The van der Waals surface area contributed by atoms with E-state index in [2.05, 4.69) is 10.3 Å². The molecule has 1 amide bonds. The molecule has 0 aliphatic heterocycles. The van der Waals surface area contributed by atoms with Crippen LogP contribution in [0.2, 0.25) is 0 Å². The van der Waals surface area contributed by atoms with E-state index >= 15 is 0 Å². The quantitative estimate of drug-likeness (QED) is 0.840. The number of H-pyrrole nitrogens is 1. The predicted octanol–water partition coefficient (Wildman–Crippen LogP) is 1.92. The number of carbonyl (C=O) groups is 1. The number of nitrogens with one attached hydrogen (secondary N) is 2. The van der Waals surface area contributed by atoms with E-state index in [4.69, 9.17) is 0 Å². The molecule has 2 N–H and O–H groups in total. The lowest BCUT2D eigenvalue weighted by molar-refractivity contribution is 0.0950. The summed E-state index contributed by atoms with van der Waals surface area (Å²) in [7, 11) is -4.70. The van der Waals surface area contributed by atoms with Gasteiger partial charge in [-0.25, -0.2) is 8.42 Å². The molecule has 0 aliphatic carbocycles. The summed E-state index contributed by atoms with van der Waals surface area (Å²) in [4.78, 5) is 26.0. The van der Waals surface area contributed by atoms with E-state index in [-0.39, 0.29) is 17.7 Å². The van der Waals surface area contributed by atoms with Crippen molar-refractivity contribution in [1.29, 1.82) is 0 Å². The second-order valence-electron chi connectivity index (χ2n) is 5.46. The lowest BCUT2D eigenvalue weighted by atomic mass is 10.1. The van der Waals surface area contributed by atoms with Crippen LogP contribution in [0, 0.1) is 13.8 Å². The first-order valence-corrected chi connectivity index (χ1v) is 8.77. The topological polar surface area (TPSA) is 96.1 Å². The first-order valence-electron chi connectivity index (χ1n) is 7.22. The Morgan fingerprint density at radius 1 is 1.20 bits per heavy atom. The summed E-state index contributed by atoms with van der Waals surface area (Å²) in [6, 6.07) is 5.93. The molecule has 1 aromatic heterocycles. The molecule has 25 heavy (non-hydrogen) atoms. The molecule has 0 aliphatic rings. The minimum Gasteiger partial charge on any atom is -0.348 e. The first kappa shape index (κ1) is 18.8. The second kappa shape index (κ2) is 7.14. The van der Waals surface area contributed by atoms with Gasteiger partial charge in [-0.3, -0.25) is 9.59 Å². The van der Waals surface area contributed by atoms with Gasteiger partial charge in [0.15, 0.2) is 0 Å². The molecule has 1 heterocycles. The van der Waals surface area contributed by atoms with Gasteiger partial charge in [-0.15, -0.1) is 0 Å². The lowest BCUT2D eigenvalue weighted by Crippen LogP contribution is -2.28. The van der Waals surface area contributed by atoms with E-state index < -0.39 is 26.4 Å². The Hall–Kier alpha value is -2.55. The Morgan fingerprint density at radius 3 is 2.32 bits per heavy atom. The summed E-state index contributed by atoms with van der Waals surface area (Å²) in [5, 5.41) is 2.54. The minimum absolute atomic E-state index is 0.0165. The van der Waals surface area contributed by atoms with Crippen molar-refractivity contribution in [3.63, 3.8) is 0 Å². The van der Waals surface area contributed by atoms with E-state index in [9.17, 15) is 26.8 Å². The third-order valence-electron chi connectivity index (χ3n) is 3.60. The van der Waals surface area contributed by atoms with E-state index in [1.54, 1.807) is 19.9 Å². The van der Waals surface area contributed by atoms with Crippen LogP contribution in [0.3, 0.4) is 0 Å². The highest BCUT2D eigenvalue weighted by atomic mass is 32.2. The van der Waals surface area contributed by atoms with Gasteiger partial charge in [0.1, 0.15) is 0 Å². The molecular weight excluding hydrogens is 354 g/mol. The molecule has 0 saturated carbocycles. The highest BCUT2D eigenvalue weighted by Crippen LogP contribution is 2.18. The molecule has 134 valence electrons. The fourth-order valence-electron chi connectivity index (χ4n) is 2.27. The Labute approximate surface area is 142 Å². The maximum Gasteiger partial charge on any atom is 0.341 e. The van der Waals surface area contributed by atoms with Crippen molar-refractivity contribution in [2.45, 2.75) is 31.0 Å². The van der Waals surface area contributed by atoms with Crippen molar-refractivity contribution in [3.05, 3.63) is 63.1 Å². The van der Waals surface area contributed by atoms with Gasteiger partial charge in [0.05, 0.1) is 4.90 Å². The number of sulfone groups is 1. The minimum atomic E-state index is -4.70. The monoisotopic (exact) mass is 370 g/mol. The number of pyridine rings is 1. The number of hydrogen-bond acceptors (Lipinski definition) is 4. The van der Waals surface area contributed by atoms with Crippen LogP contribution in [0.1, 0.15) is 27.2 Å². The van der Waals surface area contributed by atoms with E-state index in [0.29, 0.717) is 11.3 Å². The Morgan fingerprint density at radius 2 is 1.80 bits per heavy atom. The third kappa shape index (κ3) is 4.11. The zero-order valence-electron chi connectivity index (χ0n) is 13.5. The van der Waals surface area contributed by atoms with Gasteiger partial charge in [0.25, 0.3) is 11.5 Å². The standard InChI is InChI=1S/C16H16F2N2O4S/c1-9-7-10(2)20-15(22)13(9)8-19-14(21)11-3-5-12(6-4-11)25(23,24)16(17)18/h3-7,16H,8H2,1-2H3,(H,19,21)(H,20,22). The number of carbonyl (C=O) groups excluding carboxylic acids is 1. The number of amides is 1. The Balaban J connectivity index is 2.14. The summed E-state index contributed by atoms with van der Waals surface area (Å²) in [6.45, 7) is 3.47. The molecule has 0 bridgehead atoms. The molecule has 6 nitrogen and oxygen atoms in total. The summed E-state index contributed by atoms with van der Waals surface area (Å²) in [5.74, 6) is -4.08. The van der Waals surface area contributed by atoms with E-state index in [1.165, 1.54) is 0 Å². The van der Waals surface area contributed by atoms with Gasteiger partial charge in [-0.2, -0.15) is 8.78 Å². The van der Waals surface area contributed by atoms with Crippen LogP contribution in [-0.4, -0.2) is 25.1 Å². The molecule has 0 unspecified atom stereocenters. The molecule has 9 heteroatoms. The van der Waals surface area contributed by atoms with Gasteiger partial charge in [-0.1, -0.05) is 0 Å². The van der Waals surface area contributed by atoms with Crippen molar-refractivity contribution in [2.75, 3.05) is 0 Å². The van der Waals surface area contributed by atoms with E-state index in [1.807, 2.05) is 0 Å². The lowest BCUT2D eigenvalue weighted by Gasteiger charge is -2.09. The first-order chi connectivity index (χ1) is 11.6. The van der Waals surface area contributed by atoms with Crippen LogP contribution >= 0.6 is 0 Å². The third-order valence-corrected chi connectivity index (χ3v) is 5.00. The van der Waals surface area contributed by atoms with Crippen LogP contribution in [0.15, 0.2) is 40.0 Å². The molecule has 2 aromatic rings. The van der Waals surface area contributed by atoms with Crippen molar-refractivity contribution >= 4 is 15.7 Å². The average molecular weight is 370 g/mol. The van der Waals surface area contributed by atoms with Crippen LogP contribution in [0.25, 0.3) is 0 Å². The number of hydrogen-bond donors (Lipinski definition) is 2. The summed E-state index contributed by atoms with van der Waals surface area (Å²) >= 11 is 0. The van der Waals surface area contributed by atoms with Gasteiger partial charge in [-0.05, 0) is 49.7 Å². The summed E-state index contributed by atoms with van der Waals surface area (Å²) in [5.41, 5.74) is 1.61. The number of benzene rings is 1. The number of aryl methyl sites for hydroxylation is 2. The molecular formula is C16H16F2N2O4S. The molecule has 1 aromatic carbocycles. The van der Waals surface area contributed by atoms with Gasteiger partial charge in [0, 0.05) is 23.4 Å². The van der Waals surface area contributed by atoms with Crippen LogP contribution in [0.5, 0.6) is 0 Å². The molecule has 0 radical (unpaired) electrons. The predicted molar refractivity (Wildman–Crippen MR) is 87.3 cm³/mol. The molecule has 2 rings (SSSR count). The number of aromatic nitrogens is 1. The number of halogens is 2. The molecule has 0 saturated heterocycles. The van der Waals surface area contributed by atoms with Crippen LogP contribution in [-0.2, 0) is 16.4 Å². The molecule has 0 fully saturated rings. The van der Waals surface area contributed by atoms with Crippen molar-refractivity contribution in [3.8, 4) is 0 Å². The SMILES string of the molecule is Cc1cc(C)c(CNC(=O)c2ccc(S(=O)(=O)C(F)F)cc2)c(=O)[nH]1. The van der Waals surface area contributed by atoms with Gasteiger partial charge < -0.3 is 10.3 Å². The number of rotatable bonds is 5. The average Bonchev–Trinajstić information content (AvgIpc) is 2.53. The van der Waals surface area contributed by atoms with Gasteiger partial charge >= 0.3 is 5.76 Å². The smallest absolute Gasteiger partial charge is 0.341 e. The van der Waals surface area contributed by atoms with Gasteiger partial charge in [0.2, 0.25) is 9.84 Å².